The van der Waals surface area contributed by atoms with E-state index in [1.807, 2.05) is 0 Å². The highest BCUT2D eigenvalue weighted by atomic mass is 16.7. The predicted octanol–water partition coefficient (Wildman–Crippen LogP) is -0.534. The molecule has 0 aromatic carbocycles. The monoisotopic (exact) mass is 168 g/mol. The van der Waals surface area contributed by atoms with Crippen molar-refractivity contribution in [1.82, 2.24) is 0 Å². The number of ether oxygens (including phenoxy) is 3. The second-order valence-electron chi connectivity index (χ2n) is 3.95. The second-order valence-corrected chi connectivity index (χ2v) is 3.95. The highest BCUT2D eigenvalue weighted by Gasteiger charge is 2.69. The summed E-state index contributed by atoms with van der Waals surface area (Å²) in [6.45, 7) is 0. The number of rotatable bonds is 0. The van der Waals surface area contributed by atoms with E-state index >= 15 is 0 Å². The van der Waals surface area contributed by atoms with E-state index in [2.05, 4.69) is 0 Å². The van der Waals surface area contributed by atoms with E-state index in [0.717, 1.165) is 6.42 Å². The van der Waals surface area contributed by atoms with Crippen molar-refractivity contribution < 1.29 is 19.0 Å². The lowest BCUT2D eigenvalue weighted by molar-refractivity contribution is -0.145. The zero-order valence-corrected chi connectivity index (χ0v) is 6.30. The molecular formula is C8H8O4. The van der Waals surface area contributed by atoms with Gasteiger partial charge in [-0.2, -0.15) is 0 Å². The van der Waals surface area contributed by atoms with Crippen LogP contribution in [0.25, 0.3) is 0 Å². The number of epoxide rings is 2. The fourth-order valence-corrected chi connectivity index (χ4v) is 2.52. The van der Waals surface area contributed by atoms with Crippen LogP contribution in [0.2, 0.25) is 0 Å². The molecule has 2 bridgehead atoms. The minimum atomic E-state index is -0.0820. The minimum absolute atomic E-state index is 0.0106. The Balaban J connectivity index is 1.77. The largest absolute Gasteiger partial charge is 0.459 e. The van der Waals surface area contributed by atoms with Crippen LogP contribution in [0, 0.1) is 5.92 Å². The molecule has 0 N–H and O–H groups in total. The van der Waals surface area contributed by atoms with Gasteiger partial charge in [-0.05, 0) is 0 Å². The summed E-state index contributed by atoms with van der Waals surface area (Å²) in [5, 5.41) is 0. The molecule has 3 aliphatic heterocycles. The molecule has 4 nitrogen and oxygen atoms in total. The lowest BCUT2D eigenvalue weighted by atomic mass is 10.0. The normalized spacial score (nSPS) is 64.5. The zero-order valence-electron chi connectivity index (χ0n) is 6.30. The van der Waals surface area contributed by atoms with Crippen LogP contribution in [0.3, 0.4) is 0 Å². The van der Waals surface area contributed by atoms with E-state index in [1.165, 1.54) is 0 Å². The van der Waals surface area contributed by atoms with E-state index in [1.54, 1.807) is 0 Å². The molecule has 4 heteroatoms. The average molecular weight is 168 g/mol. The Morgan fingerprint density at radius 1 is 1.08 bits per heavy atom. The third-order valence-corrected chi connectivity index (χ3v) is 3.27. The molecule has 0 spiro atoms. The van der Waals surface area contributed by atoms with Crippen LogP contribution < -0.4 is 0 Å². The van der Waals surface area contributed by atoms with Crippen LogP contribution in [0.15, 0.2) is 0 Å². The van der Waals surface area contributed by atoms with Gasteiger partial charge >= 0.3 is 5.97 Å². The van der Waals surface area contributed by atoms with Gasteiger partial charge in [-0.25, -0.2) is 0 Å². The number of carbonyl (C=O) groups is 1. The molecule has 0 unspecified atom stereocenters. The molecule has 1 aliphatic carbocycles. The molecule has 4 rings (SSSR count). The van der Waals surface area contributed by atoms with Crippen LogP contribution in [0.5, 0.6) is 0 Å². The Morgan fingerprint density at radius 3 is 2.75 bits per heavy atom. The van der Waals surface area contributed by atoms with Crippen molar-refractivity contribution in [1.29, 1.82) is 0 Å². The second kappa shape index (κ2) is 1.54. The average Bonchev–Trinajstić information content (AvgIpc) is 2.89. The first-order chi connectivity index (χ1) is 5.84. The topological polar surface area (TPSA) is 51.4 Å². The number of hydrogen-bond donors (Lipinski definition) is 0. The molecule has 0 amide bonds. The predicted molar refractivity (Wildman–Crippen MR) is 35.3 cm³/mol. The first kappa shape index (κ1) is 5.94. The summed E-state index contributed by atoms with van der Waals surface area (Å²) >= 11 is 0. The highest BCUT2D eigenvalue weighted by molar-refractivity contribution is 5.76. The van der Waals surface area contributed by atoms with E-state index in [0.29, 0.717) is 0 Å². The quantitative estimate of drug-likeness (QED) is 0.360. The van der Waals surface area contributed by atoms with Crippen LogP contribution in [0.4, 0.5) is 0 Å². The standard InChI is InChI=1S/C8H8O4/c9-8-2-1-3(10-8)5-7(12-5)6-4(2)11-6/h2-7H,1H2/t2-,3+,4-,5-,6-,7+/m0/s1. The molecule has 12 heavy (non-hydrogen) atoms. The molecule has 64 valence electrons. The Kier molecular flexibility index (Phi) is 0.762. The third-order valence-electron chi connectivity index (χ3n) is 3.27. The van der Waals surface area contributed by atoms with Gasteiger partial charge in [0.2, 0.25) is 0 Å². The lowest BCUT2D eigenvalue weighted by Crippen LogP contribution is -2.21. The highest BCUT2D eigenvalue weighted by Crippen LogP contribution is 2.52. The van der Waals surface area contributed by atoms with Crippen molar-refractivity contribution in [3.63, 3.8) is 0 Å². The van der Waals surface area contributed by atoms with E-state index in [4.69, 9.17) is 14.2 Å². The summed E-state index contributed by atoms with van der Waals surface area (Å²) in [6, 6.07) is 0. The summed E-state index contributed by atoms with van der Waals surface area (Å²) in [6.07, 6.45) is 1.54. The maximum Gasteiger partial charge on any atom is 0.312 e. The number of hydrogen-bond acceptors (Lipinski definition) is 4. The minimum Gasteiger partial charge on any atom is -0.459 e. The fourth-order valence-electron chi connectivity index (χ4n) is 2.52. The van der Waals surface area contributed by atoms with Crippen molar-refractivity contribution in [3.8, 4) is 0 Å². The molecular weight excluding hydrogens is 160 g/mol. The van der Waals surface area contributed by atoms with Gasteiger partial charge in [0.05, 0.1) is 5.92 Å². The van der Waals surface area contributed by atoms with Crippen molar-refractivity contribution in [2.45, 2.75) is 36.9 Å². The van der Waals surface area contributed by atoms with Gasteiger partial charge < -0.3 is 14.2 Å². The van der Waals surface area contributed by atoms with Crippen molar-refractivity contribution in [2.75, 3.05) is 0 Å². The summed E-state index contributed by atoms with van der Waals surface area (Å²) in [7, 11) is 0. The van der Waals surface area contributed by atoms with Gasteiger partial charge in [0.15, 0.2) is 0 Å². The Morgan fingerprint density at radius 2 is 1.83 bits per heavy atom. The van der Waals surface area contributed by atoms with Crippen LogP contribution in [-0.2, 0) is 19.0 Å². The van der Waals surface area contributed by atoms with Gasteiger partial charge in [0.1, 0.15) is 30.5 Å². The van der Waals surface area contributed by atoms with Crippen molar-refractivity contribution in [3.05, 3.63) is 0 Å². The van der Waals surface area contributed by atoms with Crippen LogP contribution >= 0.6 is 0 Å². The van der Waals surface area contributed by atoms with E-state index < -0.39 is 0 Å². The Hall–Kier alpha value is -0.610. The van der Waals surface area contributed by atoms with Crippen molar-refractivity contribution in [2.24, 2.45) is 5.92 Å². The lowest BCUT2D eigenvalue weighted by Gasteiger charge is -2.02. The van der Waals surface area contributed by atoms with Gasteiger partial charge in [-0.15, -0.1) is 0 Å². The fraction of sp³-hybridized carbons (Fsp3) is 0.875. The third kappa shape index (κ3) is 0.528. The van der Waals surface area contributed by atoms with Gasteiger partial charge in [0.25, 0.3) is 0 Å². The number of esters is 1. The molecule has 3 heterocycles. The summed E-state index contributed by atoms with van der Waals surface area (Å²) in [5.74, 6) is -0.0714. The number of carbonyl (C=O) groups excluding carboxylic acids is 1. The molecule has 0 aromatic heterocycles. The molecule has 4 aliphatic rings. The maximum absolute atomic E-state index is 11.3. The molecule has 4 fully saturated rings. The SMILES string of the molecule is O=C1O[C@@H]2C[C@H]1[C@@H]1O[C@@H]1[C@@H]1O[C@H]12. The molecule has 3 saturated heterocycles. The zero-order chi connectivity index (χ0) is 7.87. The summed E-state index contributed by atoms with van der Waals surface area (Å²) < 4.78 is 15.9. The molecule has 0 aromatic rings. The first-order valence-electron chi connectivity index (χ1n) is 4.36. The van der Waals surface area contributed by atoms with Gasteiger partial charge in [-0.3, -0.25) is 4.79 Å². The molecule has 0 radical (unpaired) electrons. The van der Waals surface area contributed by atoms with Crippen LogP contribution in [0.1, 0.15) is 6.42 Å². The maximum atomic E-state index is 11.3. The van der Waals surface area contributed by atoms with Gasteiger partial charge in [-0.1, -0.05) is 0 Å². The van der Waals surface area contributed by atoms with E-state index in [9.17, 15) is 4.79 Å². The molecule has 1 saturated carbocycles. The molecule has 6 atom stereocenters. The summed E-state index contributed by atoms with van der Waals surface area (Å²) in [5.41, 5.74) is 0. The van der Waals surface area contributed by atoms with Gasteiger partial charge in [0, 0.05) is 6.42 Å². The first-order valence-corrected chi connectivity index (χ1v) is 4.36. The van der Waals surface area contributed by atoms with Crippen LogP contribution in [-0.4, -0.2) is 36.5 Å². The Labute approximate surface area is 68.8 Å². The smallest absolute Gasteiger partial charge is 0.312 e. The Bertz CT molecular complexity index is 276. The number of fused-ring (bicyclic) bond motifs is 7. The summed E-state index contributed by atoms with van der Waals surface area (Å²) in [4.78, 5) is 11.3. The van der Waals surface area contributed by atoms with Crippen molar-refractivity contribution >= 4 is 5.97 Å². The van der Waals surface area contributed by atoms with E-state index in [-0.39, 0.29) is 42.4 Å².